The summed E-state index contributed by atoms with van der Waals surface area (Å²) in [5.41, 5.74) is 0.227. The first kappa shape index (κ1) is 12.3. The summed E-state index contributed by atoms with van der Waals surface area (Å²) in [6.45, 7) is 0. The van der Waals surface area contributed by atoms with Crippen LogP contribution in [-0.2, 0) is 0 Å². The first-order chi connectivity index (χ1) is 9.69. The second-order valence-electron chi connectivity index (χ2n) is 4.10. The first-order valence-electron chi connectivity index (χ1n) is 5.91. The van der Waals surface area contributed by atoms with Crippen LogP contribution in [0.5, 0.6) is 0 Å². The van der Waals surface area contributed by atoms with Crippen molar-refractivity contribution >= 4 is 23.0 Å². The van der Waals surface area contributed by atoms with Crippen molar-refractivity contribution in [3.8, 4) is 0 Å². The maximum Gasteiger partial charge on any atom is 0.180 e. The molecule has 0 spiro atoms. The number of hydrogen-bond acceptors (Lipinski definition) is 4. The van der Waals surface area contributed by atoms with E-state index in [0.29, 0.717) is 11.5 Å². The zero-order chi connectivity index (χ0) is 14.1. The largest absolute Gasteiger partial charge is 0.372 e. The van der Waals surface area contributed by atoms with Gasteiger partial charge >= 0.3 is 0 Å². The Balaban J connectivity index is 2.12. The fourth-order valence-electron chi connectivity index (χ4n) is 1.87. The Labute approximate surface area is 113 Å². The van der Waals surface area contributed by atoms with E-state index < -0.39 is 11.6 Å². The number of benzene rings is 1. The van der Waals surface area contributed by atoms with E-state index in [1.165, 1.54) is 18.2 Å². The van der Waals surface area contributed by atoms with Crippen molar-refractivity contribution in [3.05, 3.63) is 48.4 Å². The van der Waals surface area contributed by atoms with Crippen LogP contribution in [-0.4, -0.2) is 21.4 Å². The molecule has 0 bridgehead atoms. The monoisotopic (exact) mass is 275 g/mol. The Morgan fingerprint density at radius 3 is 2.65 bits per heavy atom. The lowest BCUT2D eigenvalue weighted by atomic mass is 10.3. The van der Waals surface area contributed by atoms with Gasteiger partial charge in [0.15, 0.2) is 11.5 Å². The molecule has 1 aromatic carbocycles. The van der Waals surface area contributed by atoms with Crippen LogP contribution in [0.15, 0.2) is 36.8 Å². The van der Waals surface area contributed by atoms with E-state index in [9.17, 15) is 8.78 Å². The van der Waals surface area contributed by atoms with Crippen LogP contribution < -0.4 is 10.6 Å². The standard InChI is InChI=1S/C13H11F2N5/c1-16-10-7-20-6-5-17-13(20)12(18-10)19-11-8(14)3-2-4-9(11)15/h2-7,16H,1H3,(H,18,19). The minimum Gasteiger partial charge on any atom is -0.372 e. The Morgan fingerprint density at radius 2 is 1.95 bits per heavy atom. The van der Waals surface area contributed by atoms with E-state index in [-0.39, 0.29) is 11.5 Å². The molecule has 0 radical (unpaired) electrons. The zero-order valence-corrected chi connectivity index (χ0v) is 10.6. The lowest BCUT2D eigenvalue weighted by molar-refractivity contribution is 0.590. The summed E-state index contributed by atoms with van der Waals surface area (Å²) < 4.78 is 29.1. The molecule has 0 aliphatic rings. The smallest absolute Gasteiger partial charge is 0.180 e. The number of nitrogens with zero attached hydrogens (tertiary/aromatic N) is 3. The summed E-state index contributed by atoms with van der Waals surface area (Å²) in [6, 6.07) is 3.66. The van der Waals surface area contributed by atoms with Gasteiger partial charge in [0, 0.05) is 19.4 Å². The number of nitrogens with one attached hydrogen (secondary N) is 2. The Kier molecular flexibility index (Phi) is 2.94. The maximum atomic E-state index is 13.7. The zero-order valence-electron chi connectivity index (χ0n) is 10.6. The van der Waals surface area contributed by atoms with Gasteiger partial charge in [-0.05, 0) is 12.1 Å². The Bertz CT molecular complexity index is 748. The number of hydrogen-bond donors (Lipinski definition) is 2. The third-order valence-corrected chi connectivity index (χ3v) is 2.84. The van der Waals surface area contributed by atoms with E-state index in [4.69, 9.17) is 0 Å². The molecule has 0 saturated heterocycles. The molecule has 0 fully saturated rings. The molecule has 2 N–H and O–H groups in total. The van der Waals surface area contributed by atoms with Gasteiger partial charge in [-0.1, -0.05) is 6.07 Å². The van der Waals surface area contributed by atoms with Crippen LogP contribution in [0.1, 0.15) is 0 Å². The third-order valence-electron chi connectivity index (χ3n) is 2.84. The van der Waals surface area contributed by atoms with E-state index in [2.05, 4.69) is 20.6 Å². The number of imidazole rings is 1. The highest BCUT2D eigenvalue weighted by Crippen LogP contribution is 2.25. The molecule has 0 amide bonds. The molecular weight excluding hydrogens is 264 g/mol. The first-order valence-corrected chi connectivity index (χ1v) is 5.91. The fraction of sp³-hybridized carbons (Fsp3) is 0.0769. The molecule has 5 nitrogen and oxygen atoms in total. The predicted molar refractivity (Wildman–Crippen MR) is 72.2 cm³/mol. The van der Waals surface area contributed by atoms with Gasteiger partial charge in [0.2, 0.25) is 0 Å². The molecule has 0 unspecified atom stereocenters. The highest BCUT2D eigenvalue weighted by Gasteiger charge is 2.13. The van der Waals surface area contributed by atoms with Crippen LogP contribution in [0.3, 0.4) is 0 Å². The van der Waals surface area contributed by atoms with Crippen molar-refractivity contribution in [2.75, 3.05) is 17.7 Å². The van der Waals surface area contributed by atoms with E-state index in [1.54, 1.807) is 30.0 Å². The van der Waals surface area contributed by atoms with Crippen LogP contribution in [0.2, 0.25) is 0 Å². The second-order valence-corrected chi connectivity index (χ2v) is 4.10. The molecule has 0 aliphatic carbocycles. The highest BCUT2D eigenvalue weighted by atomic mass is 19.1. The molecular formula is C13H11F2N5. The van der Waals surface area contributed by atoms with Gasteiger partial charge in [0.25, 0.3) is 0 Å². The Hall–Kier alpha value is -2.70. The molecule has 0 aliphatic heterocycles. The van der Waals surface area contributed by atoms with Gasteiger partial charge in [-0.2, -0.15) is 0 Å². The molecule has 0 atom stereocenters. The third kappa shape index (κ3) is 2.03. The van der Waals surface area contributed by atoms with Crippen molar-refractivity contribution in [2.24, 2.45) is 0 Å². The summed E-state index contributed by atoms with van der Waals surface area (Å²) in [5.74, 6) is -0.557. The molecule has 2 aromatic heterocycles. The number of halogens is 2. The minimum atomic E-state index is -0.689. The second kappa shape index (κ2) is 4.76. The number of aromatic nitrogens is 3. The topological polar surface area (TPSA) is 54.2 Å². The van der Waals surface area contributed by atoms with E-state index in [0.717, 1.165) is 0 Å². The highest BCUT2D eigenvalue weighted by molar-refractivity contribution is 5.72. The molecule has 20 heavy (non-hydrogen) atoms. The number of fused-ring (bicyclic) bond motifs is 1. The molecule has 0 saturated carbocycles. The number of para-hydroxylation sites is 1. The lowest BCUT2D eigenvalue weighted by Crippen LogP contribution is -2.04. The van der Waals surface area contributed by atoms with E-state index >= 15 is 0 Å². The van der Waals surface area contributed by atoms with Gasteiger partial charge in [-0.15, -0.1) is 0 Å². The van der Waals surface area contributed by atoms with Crippen LogP contribution in [0.25, 0.3) is 5.65 Å². The molecule has 2 heterocycles. The van der Waals surface area contributed by atoms with Crippen LogP contribution in [0.4, 0.5) is 26.1 Å². The van der Waals surface area contributed by atoms with E-state index in [1.807, 2.05) is 0 Å². The maximum absolute atomic E-state index is 13.7. The number of anilines is 3. The normalized spacial score (nSPS) is 10.8. The average molecular weight is 275 g/mol. The van der Waals surface area contributed by atoms with Crippen LogP contribution >= 0.6 is 0 Å². The Morgan fingerprint density at radius 1 is 1.20 bits per heavy atom. The summed E-state index contributed by atoms with van der Waals surface area (Å²) in [5, 5.41) is 5.54. The van der Waals surface area contributed by atoms with Crippen molar-refractivity contribution in [1.29, 1.82) is 0 Å². The van der Waals surface area contributed by atoms with Gasteiger partial charge in [-0.3, -0.25) is 0 Å². The van der Waals surface area contributed by atoms with Crippen molar-refractivity contribution in [3.63, 3.8) is 0 Å². The molecule has 102 valence electrons. The quantitative estimate of drug-likeness (QED) is 0.771. The van der Waals surface area contributed by atoms with Crippen molar-refractivity contribution in [2.45, 2.75) is 0 Å². The summed E-state index contributed by atoms with van der Waals surface area (Å²) >= 11 is 0. The van der Waals surface area contributed by atoms with Gasteiger partial charge in [0.1, 0.15) is 23.1 Å². The fourth-order valence-corrected chi connectivity index (χ4v) is 1.87. The van der Waals surface area contributed by atoms with Gasteiger partial charge in [0.05, 0.1) is 6.20 Å². The van der Waals surface area contributed by atoms with Crippen molar-refractivity contribution in [1.82, 2.24) is 14.4 Å². The van der Waals surface area contributed by atoms with Crippen molar-refractivity contribution < 1.29 is 8.78 Å². The minimum absolute atomic E-state index is 0.252. The summed E-state index contributed by atoms with van der Waals surface area (Å²) in [6.07, 6.45) is 5.03. The molecule has 3 rings (SSSR count). The number of rotatable bonds is 3. The summed E-state index contributed by atoms with van der Waals surface area (Å²) in [4.78, 5) is 8.35. The van der Waals surface area contributed by atoms with Gasteiger partial charge in [-0.25, -0.2) is 18.7 Å². The lowest BCUT2D eigenvalue weighted by Gasteiger charge is -2.10. The summed E-state index contributed by atoms with van der Waals surface area (Å²) in [7, 11) is 1.71. The molecule has 3 aromatic rings. The van der Waals surface area contributed by atoms with Gasteiger partial charge < -0.3 is 15.0 Å². The SMILES string of the molecule is CNc1cn2ccnc2c(Nc2c(F)cccc2F)n1. The average Bonchev–Trinajstić information content (AvgIpc) is 2.91. The predicted octanol–water partition coefficient (Wildman–Crippen LogP) is 2.79. The molecule has 7 heteroatoms. The van der Waals surface area contributed by atoms with Crippen LogP contribution in [0, 0.1) is 11.6 Å².